The van der Waals surface area contributed by atoms with Crippen LogP contribution in [-0.4, -0.2) is 43.8 Å². The van der Waals surface area contributed by atoms with Gasteiger partial charge in [-0.3, -0.25) is 24.2 Å². The van der Waals surface area contributed by atoms with Crippen molar-refractivity contribution in [3.05, 3.63) is 88.4 Å². The average molecular weight is 524 g/mol. The summed E-state index contributed by atoms with van der Waals surface area (Å²) >= 11 is 0. The van der Waals surface area contributed by atoms with Crippen LogP contribution in [0.2, 0.25) is 0 Å². The number of H-pyrrole nitrogens is 1. The number of hydrogen-bond donors (Lipinski definition) is 3. The zero-order valence-corrected chi connectivity index (χ0v) is 22.4. The third-order valence-corrected chi connectivity index (χ3v) is 6.32. The summed E-state index contributed by atoms with van der Waals surface area (Å²) in [5.74, 6) is -0.943. The molecular formula is C29H29N7O3. The molecule has 4 aromatic rings. The predicted octanol–water partition coefficient (Wildman–Crippen LogP) is 4.90. The Morgan fingerprint density at radius 1 is 1.05 bits per heavy atom. The quantitative estimate of drug-likeness (QED) is 0.244. The average Bonchev–Trinajstić information content (AvgIpc) is 3.58. The highest BCUT2D eigenvalue weighted by Crippen LogP contribution is 2.33. The van der Waals surface area contributed by atoms with Gasteiger partial charge in [-0.25, -0.2) is 4.99 Å². The van der Waals surface area contributed by atoms with Crippen molar-refractivity contribution >= 4 is 41.0 Å². The van der Waals surface area contributed by atoms with Crippen molar-refractivity contribution in [3.63, 3.8) is 0 Å². The van der Waals surface area contributed by atoms with Crippen molar-refractivity contribution in [3.8, 4) is 0 Å². The molecule has 1 atom stereocenters. The van der Waals surface area contributed by atoms with Gasteiger partial charge >= 0.3 is 0 Å². The fourth-order valence-corrected chi connectivity index (χ4v) is 4.47. The van der Waals surface area contributed by atoms with Crippen LogP contribution < -0.4 is 10.6 Å². The molecule has 1 aliphatic heterocycles. The van der Waals surface area contributed by atoms with Crippen LogP contribution in [0.1, 0.15) is 70.1 Å². The number of carbonyl (C=O) groups is 3. The first-order valence-electron chi connectivity index (χ1n) is 12.5. The molecule has 10 nitrogen and oxygen atoms in total. The van der Waals surface area contributed by atoms with Crippen LogP contribution in [0.5, 0.6) is 0 Å². The van der Waals surface area contributed by atoms with Gasteiger partial charge < -0.3 is 10.6 Å². The second-order valence-corrected chi connectivity index (χ2v) is 10.6. The maximum Gasteiger partial charge on any atom is 0.273 e. The molecule has 2 amide bonds. The smallest absolute Gasteiger partial charge is 0.273 e. The number of benzene rings is 2. The van der Waals surface area contributed by atoms with E-state index < -0.39 is 5.92 Å². The molecule has 0 saturated heterocycles. The Kier molecular flexibility index (Phi) is 6.47. The predicted molar refractivity (Wildman–Crippen MR) is 149 cm³/mol. The summed E-state index contributed by atoms with van der Waals surface area (Å²) in [5, 5.41) is 17.1. The Hall–Kier alpha value is -4.86. The number of amides is 2. The fraction of sp³-hybridized carbons (Fsp3) is 0.241. The number of anilines is 2. The first-order chi connectivity index (χ1) is 18.5. The molecule has 10 heteroatoms. The second kappa shape index (κ2) is 9.79. The highest BCUT2D eigenvalue weighted by atomic mass is 16.2. The molecule has 0 radical (unpaired) electrons. The lowest BCUT2D eigenvalue weighted by Gasteiger charge is -2.22. The van der Waals surface area contributed by atoms with Crippen LogP contribution in [0.4, 0.5) is 17.2 Å². The van der Waals surface area contributed by atoms with E-state index in [9.17, 15) is 14.4 Å². The van der Waals surface area contributed by atoms with Crippen molar-refractivity contribution < 1.29 is 14.4 Å². The molecule has 1 unspecified atom stereocenters. The van der Waals surface area contributed by atoms with Gasteiger partial charge in [-0.15, -0.1) is 0 Å². The molecule has 0 spiro atoms. The van der Waals surface area contributed by atoms with Gasteiger partial charge in [0, 0.05) is 40.5 Å². The number of fused-ring (bicyclic) bond motifs is 1. The summed E-state index contributed by atoms with van der Waals surface area (Å²) in [6.45, 7) is 9.63. The number of nitrogens with zero attached hydrogens (tertiary/aromatic N) is 4. The summed E-state index contributed by atoms with van der Waals surface area (Å²) in [6, 6.07) is 15.4. The van der Waals surface area contributed by atoms with Crippen LogP contribution >= 0.6 is 0 Å². The Labute approximate surface area is 225 Å². The number of ketones is 1. The van der Waals surface area contributed by atoms with E-state index in [1.165, 1.54) is 6.21 Å². The number of aryl methyl sites for hydroxylation is 2. The summed E-state index contributed by atoms with van der Waals surface area (Å²) in [6.07, 6.45) is 1.53. The standard InChI is InChI=1S/C29H29N7O3/c1-16-12-25(34-33-16)30-15-22-21-14-19(9-10-23(21)32-27(22)38)26(37)18-7-6-8-20(13-18)31-28(39)24-11-17(2)35-36(24)29(3,4)5/h6-15,22H,1-5H3,(H,31,39)(H,32,38)(H,33,34). The highest BCUT2D eigenvalue weighted by molar-refractivity contribution is 6.15. The van der Waals surface area contributed by atoms with Gasteiger partial charge in [0.1, 0.15) is 11.6 Å². The van der Waals surface area contributed by atoms with Crippen molar-refractivity contribution in [2.45, 2.75) is 46.1 Å². The maximum atomic E-state index is 13.4. The van der Waals surface area contributed by atoms with Gasteiger partial charge in [0.2, 0.25) is 5.91 Å². The van der Waals surface area contributed by atoms with Gasteiger partial charge in [0.15, 0.2) is 11.6 Å². The van der Waals surface area contributed by atoms with Crippen molar-refractivity contribution in [1.82, 2.24) is 20.0 Å². The van der Waals surface area contributed by atoms with Crippen LogP contribution in [0, 0.1) is 13.8 Å². The van der Waals surface area contributed by atoms with Gasteiger partial charge in [0.25, 0.3) is 5.91 Å². The summed E-state index contributed by atoms with van der Waals surface area (Å²) in [4.78, 5) is 43.4. The molecule has 0 aliphatic carbocycles. The second-order valence-electron chi connectivity index (χ2n) is 10.6. The highest BCUT2D eigenvalue weighted by Gasteiger charge is 2.30. The maximum absolute atomic E-state index is 13.4. The molecule has 1 aliphatic rings. The molecular weight excluding hydrogens is 494 g/mol. The molecule has 5 rings (SSSR count). The Bertz CT molecular complexity index is 1640. The fourth-order valence-electron chi connectivity index (χ4n) is 4.47. The molecule has 39 heavy (non-hydrogen) atoms. The van der Waals surface area contributed by atoms with Crippen molar-refractivity contribution in [1.29, 1.82) is 0 Å². The summed E-state index contributed by atoms with van der Waals surface area (Å²) < 4.78 is 1.69. The van der Waals surface area contributed by atoms with Crippen LogP contribution in [0.25, 0.3) is 0 Å². The van der Waals surface area contributed by atoms with Crippen molar-refractivity contribution in [2.24, 2.45) is 4.99 Å². The number of aromatic nitrogens is 4. The summed E-state index contributed by atoms with van der Waals surface area (Å²) in [7, 11) is 0. The first kappa shape index (κ1) is 25.8. The molecule has 2 aromatic carbocycles. The first-order valence-corrected chi connectivity index (χ1v) is 12.5. The van der Waals surface area contributed by atoms with Gasteiger partial charge in [-0.2, -0.15) is 10.2 Å². The van der Waals surface area contributed by atoms with Crippen molar-refractivity contribution in [2.75, 3.05) is 10.6 Å². The van der Waals surface area contributed by atoms with E-state index in [1.54, 1.807) is 59.3 Å². The van der Waals surface area contributed by atoms with Crippen LogP contribution in [0.15, 0.2) is 59.6 Å². The third-order valence-electron chi connectivity index (χ3n) is 6.32. The zero-order valence-electron chi connectivity index (χ0n) is 22.4. The van der Waals surface area contributed by atoms with Crippen LogP contribution in [0.3, 0.4) is 0 Å². The number of nitrogens with one attached hydrogen (secondary N) is 3. The number of aromatic amines is 1. The lowest BCUT2D eigenvalue weighted by Crippen LogP contribution is -2.29. The van der Waals surface area contributed by atoms with Gasteiger partial charge in [-0.1, -0.05) is 12.1 Å². The molecule has 198 valence electrons. The third kappa shape index (κ3) is 5.26. The molecule has 0 fully saturated rings. The zero-order chi connectivity index (χ0) is 27.9. The number of rotatable bonds is 6. The van der Waals surface area contributed by atoms with E-state index in [1.807, 2.05) is 34.6 Å². The topological polar surface area (TPSA) is 134 Å². The number of carbonyl (C=O) groups excluding carboxylic acids is 3. The minimum Gasteiger partial charge on any atom is -0.325 e. The van der Waals surface area contributed by atoms with Gasteiger partial charge in [0.05, 0.1) is 11.2 Å². The Morgan fingerprint density at radius 2 is 1.82 bits per heavy atom. The Balaban J connectivity index is 1.38. The summed E-state index contributed by atoms with van der Waals surface area (Å²) in [5.41, 5.74) is 4.28. The van der Waals surface area contributed by atoms with E-state index in [-0.39, 0.29) is 23.1 Å². The SMILES string of the molecule is Cc1cc(C(=O)Nc2cccc(C(=O)c3ccc4c(c3)C(C=Nc3cc(C)[nH]n3)C(=O)N4)c2)n(C(C)(C)C)n1. The lowest BCUT2D eigenvalue weighted by atomic mass is 9.96. The van der Waals surface area contributed by atoms with E-state index in [0.29, 0.717) is 39.6 Å². The molecule has 3 N–H and O–H groups in total. The monoisotopic (exact) mass is 523 g/mol. The van der Waals surface area contributed by atoms with E-state index in [4.69, 9.17) is 0 Å². The largest absolute Gasteiger partial charge is 0.325 e. The number of aliphatic imine (C=N–C) groups is 1. The van der Waals surface area contributed by atoms with E-state index in [0.717, 1.165) is 11.4 Å². The van der Waals surface area contributed by atoms with Gasteiger partial charge in [-0.05, 0) is 76.6 Å². The number of hydrogen-bond acceptors (Lipinski definition) is 6. The van der Waals surface area contributed by atoms with Crippen LogP contribution in [-0.2, 0) is 10.3 Å². The molecule has 2 aromatic heterocycles. The van der Waals surface area contributed by atoms with E-state index >= 15 is 0 Å². The molecule has 0 bridgehead atoms. The Morgan fingerprint density at radius 3 is 2.54 bits per heavy atom. The lowest BCUT2D eigenvalue weighted by molar-refractivity contribution is -0.115. The minimum absolute atomic E-state index is 0.222. The van der Waals surface area contributed by atoms with E-state index in [2.05, 4.69) is 30.9 Å². The normalized spacial score (nSPS) is 14.9. The molecule has 3 heterocycles. The molecule has 0 saturated carbocycles. The minimum atomic E-state index is -0.647.